The number of morpholine rings is 1. The van der Waals surface area contributed by atoms with E-state index in [9.17, 15) is 4.79 Å². The maximum Gasteiger partial charge on any atom is 0.252 e. The molecule has 1 N–H and O–H groups in total. The highest BCUT2D eigenvalue weighted by molar-refractivity contribution is 6.01. The lowest BCUT2D eigenvalue weighted by Crippen LogP contribution is -2.36. The molecule has 1 saturated heterocycles. The van der Waals surface area contributed by atoms with Crippen molar-refractivity contribution in [2.75, 3.05) is 38.3 Å². The molecule has 2 aromatic carbocycles. The van der Waals surface area contributed by atoms with Gasteiger partial charge in [-0.2, -0.15) is 0 Å². The van der Waals surface area contributed by atoms with Crippen LogP contribution in [0.5, 0.6) is 5.75 Å². The van der Waals surface area contributed by atoms with Crippen LogP contribution in [-0.2, 0) is 11.3 Å². The monoisotopic (exact) mass is 403 g/mol. The van der Waals surface area contributed by atoms with Crippen molar-refractivity contribution in [3.05, 3.63) is 78.0 Å². The number of rotatable bonds is 6. The van der Waals surface area contributed by atoms with Gasteiger partial charge in [0.15, 0.2) is 0 Å². The van der Waals surface area contributed by atoms with Gasteiger partial charge in [-0.3, -0.25) is 4.79 Å². The van der Waals surface area contributed by atoms with Gasteiger partial charge in [-0.15, -0.1) is 0 Å². The van der Waals surface area contributed by atoms with E-state index in [1.54, 1.807) is 13.3 Å². The summed E-state index contributed by atoms with van der Waals surface area (Å²) in [5, 5.41) is 3.04. The summed E-state index contributed by atoms with van der Waals surface area (Å²) in [6.45, 7) is 3.51. The predicted octanol–water partition coefficient (Wildman–Crippen LogP) is 3.52. The van der Waals surface area contributed by atoms with E-state index >= 15 is 0 Å². The van der Waals surface area contributed by atoms with Gasteiger partial charge in [-0.25, -0.2) is 4.98 Å². The van der Waals surface area contributed by atoms with Crippen LogP contribution in [0.25, 0.3) is 11.1 Å². The van der Waals surface area contributed by atoms with Gasteiger partial charge in [0.25, 0.3) is 5.91 Å². The molecule has 0 aliphatic carbocycles. The molecule has 154 valence electrons. The van der Waals surface area contributed by atoms with Crippen LogP contribution in [0, 0.1) is 0 Å². The fourth-order valence-corrected chi connectivity index (χ4v) is 3.60. The average Bonchev–Trinajstić information content (AvgIpc) is 2.83. The molecule has 0 unspecified atom stereocenters. The number of hydrogen-bond acceptors (Lipinski definition) is 5. The average molecular weight is 403 g/mol. The molecule has 0 bridgehead atoms. The molecule has 6 nitrogen and oxygen atoms in total. The Hall–Kier alpha value is -3.38. The third-order valence-electron chi connectivity index (χ3n) is 5.17. The number of nitrogens with zero attached hydrogens (tertiary/aromatic N) is 2. The minimum Gasteiger partial charge on any atom is -0.496 e. The second-order valence-corrected chi connectivity index (χ2v) is 7.05. The van der Waals surface area contributed by atoms with Crippen molar-refractivity contribution >= 4 is 11.7 Å². The van der Waals surface area contributed by atoms with Gasteiger partial charge in [0.05, 0.1) is 20.3 Å². The Bertz CT molecular complexity index is 1020. The highest BCUT2D eigenvalue weighted by Crippen LogP contribution is 2.32. The van der Waals surface area contributed by atoms with Gasteiger partial charge in [0.1, 0.15) is 11.6 Å². The molecule has 3 aromatic rings. The summed E-state index contributed by atoms with van der Waals surface area (Å²) >= 11 is 0. The standard InChI is InChI=1S/C24H25N3O3/c1-29-22-9-5-4-7-20(22)19-6-2-3-8-21(19)24(28)26-17-18-10-11-25-23(16-18)27-12-14-30-15-13-27/h2-11,16H,12-15,17H2,1H3,(H,26,28). The highest BCUT2D eigenvalue weighted by atomic mass is 16.5. The van der Waals surface area contributed by atoms with Crippen molar-refractivity contribution in [3.63, 3.8) is 0 Å². The number of ether oxygens (including phenoxy) is 2. The van der Waals surface area contributed by atoms with Gasteiger partial charge in [-0.1, -0.05) is 36.4 Å². The van der Waals surface area contributed by atoms with Crippen LogP contribution in [0.2, 0.25) is 0 Å². The minimum absolute atomic E-state index is 0.124. The molecule has 4 rings (SSSR count). The Balaban J connectivity index is 1.50. The van der Waals surface area contributed by atoms with Crippen molar-refractivity contribution in [2.45, 2.75) is 6.54 Å². The first-order chi connectivity index (χ1) is 14.8. The summed E-state index contributed by atoms with van der Waals surface area (Å²) in [5.41, 5.74) is 3.36. The largest absolute Gasteiger partial charge is 0.496 e. The molecular formula is C24H25N3O3. The van der Waals surface area contributed by atoms with Crippen molar-refractivity contribution < 1.29 is 14.3 Å². The van der Waals surface area contributed by atoms with Crippen molar-refractivity contribution in [1.82, 2.24) is 10.3 Å². The number of carbonyl (C=O) groups is 1. The number of nitrogens with one attached hydrogen (secondary N) is 1. The molecule has 6 heteroatoms. The zero-order valence-electron chi connectivity index (χ0n) is 17.0. The maximum atomic E-state index is 13.0. The van der Waals surface area contributed by atoms with E-state index in [0.29, 0.717) is 25.3 Å². The second kappa shape index (κ2) is 9.41. The summed E-state index contributed by atoms with van der Waals surface area (Å²) < 4.78 is 10.9. The molecule has 0 spiro atoms. The Kier molecular flexibility index (Phi) is 6.25. The third kappa shape index (κ3) is 4.44. The number of carbonyl (C=O) groups excluding carboxylic acids is 1. The van der Waals surface area contributed by atoms with E-state index in [1.807, 2.05) is 60.7 Å². The summed E-state index contributed by atoms with van der Waals surface area (Å²) in [6, 6.07) is 19.2. The summed E-state index contributed by atoms with van der Waals surface area (Å²) in [7, 11) is 1.64. The number of hydrogen-bond donors (Lipinski definition) is 1. The normalized spacial score (nSPS) is 13.7. The van der Waals surface area contributed by atoms with Crippen LogP contribution in [0.1, 0.15) is 15.9 Å². The number of para-hydroxylation sites is 1. The highest BCUT2D eigenvalue weighted by Gasteiger charge is 2.16. The summed E-state index contributed by atoms with van der Waals surface area (Å²) in [6.07, 6.45) is 1.79. The fraction of sp³-hybridized carbons (Fsp3) is 0.250. The SMILES string of the molecule is COc1ccccc1-c1ccccc1C(=O)NCc1ccnc(N2CCOCC2)c1. The van der Waals surface area contributed by atoms with Crippen LogP contribution < -0.4 is 15.0 Å². The van der Waals surface area contributed by atoms with Crippen molar-refractivity contribution in [1.29, 1.82) is 0 Å². The molecular weight excluding hydrogens is 378 g/mol. The fourth-order valence-electron chi connectivity index (χ4n) is 3.60. The molecule has 1 aliphatic heterocycles. The first-order valence-corrected chi connectivity index (χ1v) is 10.0. The molecule has 0 radical (unpaired) electrons. The topological polar surface area (TPSA) is 63.7 Å². The van der Waals surface area contributed by atoms with E-state index in [0.717, 1.165) is 41.3 Å². The summed E-state index contributed by atoms with van der Waals surface area (Å²) in [5.74, 6) is 1.53. The predicted molar refractivity (Wildman–Crippen MR) is 117 cm³/mol. The summed E-state index contributed by atoms with van der Waals surface area (Å²) in [4.78, 5) is 19.7. The smallest absolute Gasteiger partial charge is 0.252 e. The molecule has 1 aromatic heterocycles. The lowest BCUT2D eigenvalue weighted by molar-refractivity contribution is 0.0951. The molecule has 1 aliphatic rings. The number of pyridine rings is 1. The number of amides is 1. The van der Waals surface area contributed by atoms with E-state index in [1.165, 1.54) is 0 Å². The van der Waals surface area contributed by atoms with Crippen molar-refractivity contribution in [3.8, 4) is 16.9 Å². The van der Waals surface area contributed by atoms with Crippen LogP contribution in [0.4, 0.5) is 5.82 Å². The maximum absolute atomic E-state index is 13.0. The lowest BCUT2D eigenvalue weighted by Gasteiger charge is -2.28. The van der Waals surface area contributed by atoms with Crippen LogP contribution in [-0.4, -0.2) is 44.3 Å². The quantitative estimate of drug-likeness (QED) is 0.682. The van der Waals surface area contributed by atoms with Crippen LogP contribution in [0.15, 0.2) is 66.9 Å². The number of anilines is 1. The molecule has 2 heterocycles. The van der Waals surface area contributed by atoms with Crippen LogP contribution >= 0.6 is 0 Å². The first kappa shape index (κ1) is 19.9. The van der Waals surface area contributed by atoms with E-state index < -0.39 is 0 Å². The second-order valence-electron chi connectivity index (χ2n) is 7.05. The van der Waals surface area contributed by atoms with E-state index in [-0.39, 0.29) is 5.91 Å². The zero-order chi connectivity index (χ0) is 20.8. The van der Waals surface area contributed by atoms with E-state index in [4.69, 9.17) is 9.47 Å². The van der Waals surface area contributed by atoms with E-state index in [2.05, 4.69) is 15.2 Å². The molecule has 0 saturated carbocycles. The lowest BCUT2D eigenvalue weighted by atomic mass is 9.98. The minimum atomic E-state index is -0.124. The number of methoxy groups -OCH3 is 1. The number of benzene rings is 2. The van der Waals surface area contributed by atoms with Gasteiger partial charge >= 0.3 is 0 Å². The Morgan fingerprint density at radius 1 is 1.07 bits per heavy atom. The third-order valence-corrected chi connectivity index (χ3v) is 5.17. The Labute approximate surface area is 176 Å². The first-order valence-electron chi connectivity index (χ1n) is 10.0. The van der Waals surface area contributed by atoms with Gasteiger partial charge in [-0.05, 0) is 35.4 Å². The zero-order valence-corrected chi connectivity index (χ0v) is 17.0. The Morgan fingerprint density at radius 2 is 1.80 bits per heavy atom. The number of aromatic nitrogens is 1. The molecule has 1 amide bonds. The van der Waals surface area contributed by atoms with Gasteiger partial charge in [0.2, 0.25) is 0 Å². The van der Waals surface area contributed by atoms with Crippen LogP contribution in [0.3, 0.4) is 0 Å². The molecule has 0 atom stereocenters. The van der Waals surface area contributed by atoms with Gasteiger partial charge in [0, 0.05) is 37.0 Å². The van der Waals surface area contributed by atoms with Crippen molar-refractivity contribution in [2.24, 2.45) is 0 Å². The molecule has 30 heavy (non-hydrogen) atoms. The Morgan fingerprint density at radius 3 is 2.60 bits per heavy atom. The van der Waals surface area contributed by atoms with Gasteiger partial charge < -0.3 is 19.7 Å². The molecule has 1 fully saturated rings.